The van der Waals surface area contributed by atoms with Gasteiger partial charge in [0.05, 0.1) is 12.8 Å². The fourth-order valence-electron chi connectivity index (χ4n) is 3.51. The number of fused-ring (bicyclic) bond motifs is 1. The molecule has 1 heterocycles. The van der Waals surface area contributed by atoms with Crippen LogP contribution in [-0.4, -0.2) is 19.4 Å². The summed E-state index contributed by atoms with van der Waals surface area (Å²) in [6, 6.07) is 14.5. The second-order valence-corrected chi connectivity index (χ2v) is 6.47. The molecule has 0 aromatic heterocycles. The number of ether oxygens (including phenoxy) is 1. The molecule has 2 aromatic rings. The van der Waals surface area contributed by atoms with Gasteiger partial charge in [0.2, 0.25) is 0 Å². The summed E-state index contributed by atoms with van der Waals surface area (Å²) < 4.78 is 5.41. The Bertz CT molecular complexity index is 762. The Morgan fingerprint density at radius 1 is 1.14 bits per heavy atom. The number of hydrogen-bond acceptors (Lipinski definition) is 2. The molecule has 0 radical (unpaired) electrons. The molecule has 0 saturated heterocycles. The van der Waals surface area contributed by atoms with Crippen molar-refractivity contribution in [3.8, 4) is 5.75 Å². The van der Waals surface area contributed by atoms with Crippen molar-refractivity contribution in [2.75, 3.05) is 13.7 Å². The van der Waals surface area contributed by atoms with Gasteiger partial charge in [0.25, 0.3) is 0 Å². The molecule has 2 aromatic carbocycles. The number of benzene rings is 2. The highest BCUT2D eigenvalue weighted by molar-refractivity contribution is 6.32. The van der Waals surface area contributed by atoms with Gasteiger partial charge in [0.1, 0.15) is 5.75 Å². The lowest BCUT2D eigenvalue weighted by molar-refractivity contribution is 0.414. The first-order valence-electron chi connectivity index (χ1n) is 7.72. The van der Waals surface area contributed by atoms with E-state index in [1.807, 2.05) is 18.2 Å². The fraction of sp³-hybridized carbons (Fsp3) is 0.316. The van der Waals surface area contributed by atoms with Gasteiger partial charge in [-0.05, 0) is 48.6 Å². The number of aliphatic imine (C=N–C) groups is 1. The maximum Gasteiger partial charge on any atom is 0.119 e. The number of hydrogen-bond donors (Lipinski definition) is 0. The first-order valence-corrected chi connectivity index (χ1v) is 8.10. The zero-order chi connectivity index (χ0) is 15.2. The minimum atomic E-state index is -0.000121. The van der Waals surface area contributed by atoms with E-state index < -0.39 is 0 Å². The molecule has 1 aliphatic heterocycles. The molecular weight excluding hydrogens is 294 g/mol. The molecule has 0 bridgehead atoms. The first-order chi connectivity index (χ1) is 10.7. The molecule has 0 N–H and O–H groups in total. The largest absolute Gasteiger partial charge is 0.497 e. The summed E-state index contributed by atoms with van der Waals surface area (Å²) in [6.07, 6.45) is 3.24. The molecule has 0 atom stereocenters. The van der Waals surface area contributed by atoms with E-state index in [0.717, 1.165) is 36.6 Å². The van der Waals surface area contributed by atoms with Crippen LogP contribution in [0.3, 0.4) is 0 Å². The molecule has 2 nitrogen and oxygen atoms in total. The van der Waals surface area contributed by atoms with Crippen LogP contribution in [0.1, 0.15) is 29.5 Å². The highest BCUT2D eigenvalue weighted by atomic mass is 35.5. The average molecular weight is 312 g/mol. The van der Waals surface area contributed by atoms with E-state index in [9.17, 15) is 0 Å². The molecule has 1 saturated carbocycles. The first kappa shape index (κ1) is 13.8. The minimum Gasteiger partial charge on any atom is -0.497 e. The molecule has 4 rings (SSSR count). The monoisotopic (exact) mass is 311 g/mol. The molecular formula is C19H18ClNO. The van der Waals surface area contributed by atoms with E-state index in [1.165, 1.54) is 22.4 Å². The third kappa shape index (κ3) is 2.05. The van der Waals surface area contributed by atoms with E-state index in [0.29, 0.717) is 0 Å². The topological polar surface area (TPSA) is 21.6 Å². The molecule has 0 spiro atoms. The van der Waals surface area contributed by atoms with Gasteiger partial charge in [-0.2, -0.15) is 0 Å². The Balaban J connectivity index is 1.84. The molecule has 0 unspecified atom stereocenters. The Morgan fingerprint density at radius 3 is 2.68 bits per heavy atom. The second kappa shape index (κ2) is 5.13. The van der Waals surface area contributed by atoms with Gasteiger partial charge in [-0.3, -0.25) is 4.99 Å². The van der Waals surface area contributed by atoms with Gasteiger partial charge in [0.15, 0.2) is 0 Å². The van der Waals surface area contributed by atoms with E-state index >= 15 is 0 Å². The van der Waals surface area contributed by atoms with E-state index in [2.05, 4.69) is 24.3 Å². The van der Waals surface area contributed by atoms with Crippen LogP contribution in [0.5, 0.6) is 5.75 Å². The Hall–Kier alpha value is -1.80. The summed E-state index contributed by atoms with van der Waals surface area (Å²) >= 11 is 6.47. The zero-order valence-corrected chi connectivity index (χ0v) is 13.4. The predicted octanol–water partition coefficient (Wildman–Crippen LogP) is 4.43. The van der Waals surface area contributed by atoms with Gasteiger partial charge in [-0.15, -0.1) is 0 Å². The highest BCUT2D eigenvalue weighted by Gasteiger charge is 2.51. The van der Waals surface area contributed by atoms with Crippen molar-refractivity contribution in [2.45, 2.75) is 24.7 Å². The van der Waals surface area contributed by atoms with Gasteiger partial charge in [0, 0.05) is 22.5 Å². The van der Waals surface area contributed by atoms with Gasteiger partial charge in [-0.25, -0.2) is 0 Å². The average Bonchev–Trinajstić information content (AvgIpc) is 3.35. The molecule has 0 amide bonds. The van der Waals surface area contributed by atoms with Crippen molar-refractivity contribution < 1.29 is 4.74 Å². The Morgan fingerprint density at radius 2 is 1.95 bits per heavy atom. The molecule has 22 heavy (non-hydrogen) atoms. The fourth-order valence-corrected chi connectivity index (χ4v) is 3.83. The third-order valence-electron chi connectivity index (χ3n) is 4.82. The van der Waals surface area contributed by atoms with Crippen LogP contribution in [0.15, 0.2) is 47.5 Å². The van der Waals surface area contributed by atoms with E-state index in [4.69, 9.17) is 21.3 Å². The lowest BCUT2D eigenvalue weighted by atomic mass is 9.83. The van der Waals surface area contributed by atoms with Crippen molar-refractivity contribution in [3.63, 3.8) is 0 Å². The quantitative estimate of drug-likeness (QED) is 0.822. The van der Waals surface area contributed by atoms with Crippen LogP contribution >= 0.6 is 11.6 Å². The number of methoxy groups -OCH3 is 1. The highest BCUT2D eigenvalue weighted by Crippen LogP contribution is 2.53. The van der Waals surface area contributed by atoms with Crippen LogP contribution < -0.4 is 4.74 Å². The van der Waals surface area contributed by atoms with Crippen molar-refractivity contribution >= 4 is 17.3 Å². The summed E-state index contributed by atoms with van der Waals surface area (Å²) in [5.41, 5.74) is 5.01. The second-order valence-electron chi connectivity index (χ2n) is 6.07. The van der Waals surface area contributed by atoms with Crippen LogP contribution in [-0.2, 0) is 11.8 Å². The lowest BCUT2D eigenvalue weighted by Gasteiger charge is -2.25. The van der Waals surface area contributed by atoms with Crippen molar-refractivity contribution in [2.24, 2.45) is 4.99 Å². The van der Waals surface area contributed by atoms with Crippen LogP contribution in [0.25, 0.3) is 0 Å². The maximum absolute atomic E-state index is 6.47. The Kier molecular flexibility index (Phi) is 3.23. The lowest BCUT2D eigenvalue weighted by Crippen LogP contribution is -2.26. The van der Waals surface area contributed by atoms with Crippen molar-refractivity contribution in [1.29, 1.82) is 0 Å². The molecule has 2 aliphatic rings. The summed E-state index contributed by atoms with van der Waals surface area (Å²) in [5, 5.41) is 0.845. The smallest absolute Gasteiger partial charge is 0.119 e. The van der Waals surface area contributed by atoms with Gasteiger partial charge in [-0.1, -0.05) is 35.9 Å². The number of nitrogens with zero attached hydrogens (tertiary/aromatic N) is 1. The maximum atomic E-state index is 6.47. The summed E-state index contributed by atoms with van der Waals surface area (Å²) in [6.45, 7) is 0.862. The van der Waals surface area contributed by atoms with Crippen molar-refractivity contribution in [3.05, 3.63) is 64.2 Å². The van der Waals surface area contributed by atoms with E-state index in [1.54, 1.807) is 7.11 Å². The van der Waals surface area contributed by atoms with Crippen molar-refractivity contribution in [1.82, 2.24) is 0 Å². The van der Waals surface area contributed by atoms with Crippen LogP contribution in [0.2, 0.25) is 5.02 Å². The Labute approximate surface area is 135 Å². The molecule has 1 aliphatic carbocycles. The van der Waals surface area contributed by atoms with E-state index in [-0.39, 0.29) is 5.41 Å². The normalized spacial score (nSPS) is 18.4. The summed E-state index contributed by atoms with van der Waals surface area (Å²) in [4.78, 5) is 4.90. The summed E-state index contributed by atoms with van der Waals surface area (Å²) in [7, 11) is 1.71. The molecule has 1 fully saturated rings. The molecule has 112 valence electrons. The minimum absolute atomic E-state index is 0.000121. The number of rotatable bonds is 3. The zero-order valence-electron chi connectivity index (χ0n) is 12.6. The molecule has 3 heteroatoms. The predicted molar refractivity (Wildman–Crippen MR) is 90.5 cm³/mol. The number of halogens is 1. The van der Waals surface area contributed by atoms with Crippen LogP contribution in [0.4, 0.5) is 0 Å². The van der Waals surface area contributed by atoms with Crippen LogP contribution in [0, 0.1) is 0 Å². The summed E-state index contributed by atoms with van der Waals surface area (Å²) in [5.74, 6) is 0.892. The SMILES string of the molecule is COc1ccc2c(c1)C(C1(c3ccccc3Cl)CC1)=NCC2. The third-order valence-corrected chi connectivity index (χ3v) is 5.15. The standard InChI is InChI=1S/C19H18ClNO/c1-22-14-7-6-13-8-11-21-18(15(13)12-14)19(9-10-19)16-4-2-3-5-17(16)20/h2-7,12H,8-11H2,1H3. The van der Waals surface area contributed by atoms with Gasteiger partial charge < -0.3 is 4.74 Å². The van der Waals surface area contributed by atoms with Gasteiger partial charge >= 0.3 is 0 Å².